The molecule has 5 nitrogen and oxygen atoms in total. The van der Waals surface area contributed by atoms with Gasteiger partial charge in [0.05, 0.1) is 5.75 Å². The molecule has 0 spiro atoms. The Morgan fingerprint density at radius 1 is 0.935 bits per heavy atom. The van der Waals surface area contributed by atoms with E-state index in [1.807, 2.05) is 58.0 Å². The van der Waals surface area contributed by atoms with Crippen LogP contribution >= 0.6 is 11.8 Å². The second kappa shape index (κ2) is 8.35. The number of thioether (sulfide) groups is 1. The van der Waals surface area contributed by atoms with E-state index >= 15 is 0 Å². The summed E-state index contributed by atoms with van der Waals surface area (Å²) < 4.78 is 15.4. The van der Waals surface area contributed by atoms with Gasteiger partial charge in [-0.1, -0.05) is 60.3 Å². The molecule has 0 fully saturated rings. The van der Waals surface area contributed by atoms with Crippen LogP contribution in [0.2, 0.25) is 0 Å². The summed E-state index contributed by atoms with van der Waals surface area (Å²) >= 11 is 1.34. The lowest BCUT2D eigenvalue weighted by molar-refractivity contribution is -0.116. The Morgan fingerprint density at radius 3 is 2.48 bits per heavy atom. The van der Waals surface area contributed by atoms with Gasteiger partial charge in [0.15, 0.2) is 11.0 Å². The highest BCUT2D eigenvalue weighted by molar-refractivity contribution is 7.99. The van der Waals surface area contributed by atoms with E-state index in [0.29, 0.717) is 17.5 Å². The number of hydrogen-bond donors (Lipinski definition) is 0. The third kappa shape index (κ3) is 3.84. The maximum atomic E-state index is 13.5. The number of rotatable bonds is 5. The van der Waals surface area contributed by atoms with Crippen LogP contribution in [-0.4, -0.2) is 33.0 Å². The monoisotopic (exact) mass is 430 g/mol. The molecule has 1 aromatic heterocycles. The first kappa shape index (κ1) is 19.5. The van der Waals surface area contributed by atoms with Crippen molar-refractivity contribution in [2.45, 2.75) is 11.6 Å². The zero-order chi connectivity index (χ0) is 21.2. The Morgan fingerprint density at radius 2 is 1.68 bits per heavy atom. The first-order valence-corrected chi connectivity index (χ1v) is 11.0. The van der Waals surface area contributed by atoms with Crippen molar-refractivity contribution in [2.75, 3.05) is 17.2 Å². The summed E-state index contributed by atoms with van der Waals surface area (Å²) in [6.45, 7) is 0.693. The SMILES string of the molecule is O=C(CSc1nnc(-c2ccccc2)n1-c1ccc(F)cc1)N1CCc2ccccc21. The maximum Gasteiger partial charge on any atom is 0.237 e. The molecule has 0 unspecified atom stereocenters. The van der Waals surface area contributed by atoms with Crippen LogP contribution in [-0.2, 0) is 11.2 Å². The van der Waals surface area contributed by atoms with E-state index in [-0.39, 0.29) is 17.5 Å². The largest absolute Gasteiger partial charge is 0.311 e. The fourth-order valence-corrected chi connectivity index (χ4v) is 4.59. The Balaban J connectivity index is 1.44. The highest BCUT2D eigenvalue weighted by Crippen LogP contribution is 2.31. The molecule has 4 aromatic rings. The minimum atomic E-state index is -0.310. The smallest absolute Gasteiger partial charge is 0.237 e. The summed E-state index contributed by atoms with van der Waals surface area (Å²) in [6, 6.07) is 23.9. The van der Waals surface area contributed by atoms with E-state index in [0.717, 1.165) is 23.4 Å². The van der Waals surface area contributed by atoms with Crippen molar-refractivity contribution < 1.29 is 9.18 Å². The Hall–Kier alpha value is -3.45. The van der Waals surface area contributed by atoms with Gasteiger partial charge in [0.2, 0.25) is 5.91 Å². The van der Waals surface area contributed by atoms with Crippen LogP contribution in [0.4, 0.5) is 10.1 Å². The number of anilines is 1. The maximum absolute atomic E-state index is 13.5. The summed E-state index contributed by atoms with van der Waals surface area (Å²) in [5.74, 6) is 0.608. The number of aromatic nitrogens is 3. The van der Waals surface area contributed by atoms with Gasteiger partial charge >= 0.3 is 0 Å². The quantitative estimate of drug-likeness (QED) is 0.429. The lowest BCUT2D eigenvalue weighted by Crippen LogP contribution is -2.30. The third-order valence-electron chi connectivity index (χ3n) is 5.26. The van der Waals surface area contributed by atoms with Gasteiger partial charge in [0.1, 0.15) is 5.82 Å². The lowest BCUT2D eigenvalue weighted by Gasteiger charge is -2.17. The van der Waals surface area contributed by atoms with E-state index in [9.17, 15) is 9.18 Å². The topological polar surface area (TPSA) is 51.0 Å². The van der Waals surface area contributed by atoms with E-state index < -0.39 is 0 Å². The van der Waals surface area contributed by atoms with Crippen LogP contribution in [0, 0.1) is 5.82 Å². The average Bonchev–Trinajstić information content (AvgIpc) is 3.43. The van der Waals surface area contributed by atoms with Crippen molar-refractivity contribution in [1.29, 1.82) is 0 Å². The minimum absolute atomic E-state index is 0.0323. The fraction of sp³-hybridized carbons (Fsp3) is 0.125. The zero-order valence-corrected chi connectivity index (χ0v) is 17.4. The van der Waals surface area contributed by atoms with Gasteiger partial charge in [-0.3, -0.25) is 9.36 Å². The number of hydrogen-bond acceptors (Lipinski definition) is 4. The third-order valence-corrected chi connectivity index (χ3v) is 6.18. The van der Waals surface area contributed by atoms with E-state index in [1.54, 1.807) is 12.1 Å². The van der Waals surface area contributed by atoms with Crippen LogP contribution in [0.25, 0.3) is 17.1 Å². The van der Waals surface area contributed by atoms with E-state index in [4.69, 9.17) is 0 Å². The van der Waals surface area contributed by atoms with Gasteiger partial charge in [-0.25, -0.2) is 4.39 Å². The molecule has 0 saturated heterocycles. The van der Waals surface area contributed by atoms with Crippen molar-refractivity contribution in [2.24, 2.45) is 0 Å². The number of carbonyl (C=O) groups excluding carboxylic acids is 1. The predicted octanol–water partition coefficient (Wildman–Crippen LogP) is 4.75. The first-order chi connectivity index (χ1) is 15.2. The summed E-state index contributed by atoms with van der Waals surface area (Å²) in [6.07, 6.45) is 0.872. The second-order valence-electron chi connectivity index (χ2n) is 7.20. The highest BCUT2D eigenvalue weighted by Gasteiger charge is 2.25. The zero-order valence-electron chi connectivity index (χ0n) is 16.6. The normalized spacial score (nSPS) is 12.7. The van der Waals surface area contributed by atoms with Crippen molar-refractivity contribution in [1.82, 2.24) is 14.8 Å². The molecule has 7 heteroatoms. The standard InChI is InChI=1S/C24H19FN4OS/c25-19-10-12-20(13-11-19)29-23(18-7-2-1-3-8-18)26-27-24(29)31-16-22(30)28-15-14-17-6-4-5-9-21(17)28/h1-13H,14-16H2. The molecule has 0 bridgehead atoms. The summed E-state index contributed by atoms with van der Waals surface area (Å²) in [7, 11) is 0. The number of nitrogens with zero attached hydrogens (tertiary/aromatic N) is 4. The average molecular weight is 431 g/mol. The van der Waals surface area contributed by atoms with Gasteiger partial charge in [0.25, 0.3) is 0 Å². The second-order valence-corrected chi connectivity index (χ2v) is 8.14. The van der Waals surface area contributed by atoms with Crippen molar-refractivity contribution in [3.05, 3.63) is 90.2 Å². The molecule has 0 N–H and O–H groups in total. The molecule has 2 heterocycles. The summed E-state index contributed by atoms with van der Waals surface area (Å²) in [5.41, 5.74) is 3.82. The molecule has 154 valence electrons. The lowest BCUT2D eigenvalue weighted by atomic mass is 10.2. The van der Waals surface area contributed by atoms with Crippen LogP contribution in [0.5, 0.6) is 0 Å². The number of fused-ring (bicyclic) bond motifs is 1. The predicted molar refractivity (Wildman–Crippen MR) is 120 cm³/mol. The number of carbonyl (C=O) groups is 1. The van der Waals surface area contributed by atoms with Gasteiger partial charge in [0, 0.05) is 23.5 Å². The molecule has 3 aromatic carbocycles. The van der Waals surface area contributed by atoms with Gasteiger partial charge in [-0.15, -0.1) is 10.2 Å². The van der Waals surface area contributed by atoms with Gasteiger partial charge in [-0.2, -0.15) is 0 Å². The van der Waals surface area contributed by atoms with Gasteiger partial charge in [-0.05, 0) is 42.3 Å². The Labute approximate surface area is 183 Å². The fourth-order valence-electron chi connectivity index (χ4n) is 3.76. The number of benzene rings is 3. The van der Waals surface area contributed by atoms with Crippen LogP contribution in [0.3, 0.4) is 0 Å². The molecule has 31 heavy (non-hydrogen) atoms. The minimum Gasteiger partial charge on any atom is -0.311 e. The van der Waals surface area contributed by atoms with E-state index in [1.165, 1.54) is 29.5 Å². The number of halogens is 1. The number of para-hydroxylation sites is 1. The first-order valence-electron chi connectivity index (χ1n) is 9.98. The van der Waals surface area contributed by atoms with Gasteiger partial charge < -0.3 is 4.90 Å². The van der Waals surface area contributed by atoms with E-state index in [2.05, 4.69) is 16.3 Å². The molecule has 1 amide bonds. The van der Waals surface area contributed by atoms with Crippen LogP contribution < -0.4 is 4.90 Å². The molecule has 1 aliphatic rings. The molecular weight excluding hydrogens is 411 g/mol. The molecule has 0 saturated carbocycles. The number of amides is 1. The molecule has 0 aliphatic carbocycles. The highest BCUT2D eigenvalue weighted by atomic mass is 32.2. The Bertz CT molecular complexity index is 1220. The van der Waals surface area contributed by atoms with Crippen LogP contribution in [0.15, 0.2) is 84.0 Å². The summed E-state index contributed by atoms with van der Waals surface area (Å²) in [5, 5.41) is 9.30. The van der Waals surface area contributed by atoms with Crippen molar-refractivity contribution in [3.63, 3.8) is 0 Å². The van der Waals surface area contributed by atoms with Crippen molar-refractivity contribution in [3.8, 4) is 17.1 Å². The molecule has 1 aliphatic heterocycles. The Kier molecular flexibility index (Phi) is 5.26. The molecule has 0 radical (unpaired) electrons. The summed E-state index contributed by atoms with van der Waals surface area (Å²) in [4.78, 5) is 14.8. The van der Waals surface area contributed by atoms with Crippen LogP contribution in [0.1, 0.15) is 5.56 Å². The molecule has 0 atom stereocenters. The van der Waals surface area contributed by atoms with Crippen molar-refractivity contribution >= 4 is 23.4 Å². The molecular formula is C24H19FN4OS. The molecule has 5 rings (SSSR count).